The quantitative estimate of drug-likeness (QED) is 0.196. The van der Waals surface area contributed by atoms with Crippen molar-refractivity contribution in [1.82, 2.24) is 0 Å². The summed E-state index contributed by atoms with van der Waals surface area (Å²) in [5, 5.41) is 81.8. The van der Waals surface area contributed by atoms with Gasteiger partial charge in [-0.2, -0.15) is 0 Å². The number of aromatic hydroxyl groups is 1. The minimum atomic E-state index is -1.69. The van der Waals surface area contributed by atoms with Gasteiger partial charge in [0.15, 0.2) is 23.0 Å². The van der Waals surface area contributed by atoms with Crippen molar-refractivity contribution < 1.29 is 59.8 Å². The first-order chi connectivity index (χ1) is 18.1. The number of ether oxygens (including phenoxy) is 4. The summed E-state index contributed by atoms with van der Waals surface area (Å²) < 4.78 is 21.9. The Hall–Kier alpha value is -2.68. The van der Waals surface area contributed by atoms with E-state index in [9.17, 15) is 40.9 Å². The summed E-state index contributed by atoms with van der Waals surface area (Å²) >= 11 is 0. The van der Waals surface area contributed by atoms with E-state index >= 15 is 0 Å². The molecule has 12 nitrogen and oxygen atoms in total. The maximum Gasteiger partial charge on any atom is 0.229 e. The van der Waals surface area contributed by atoms with Crippen molar-refractivity contribution >= 4 is 0 Å². The van der Waals surface area contributed by atoms with E-state index in [-0.39, 0.29) is 29.4 Å². The van der Waals surface area contributed by atoms with E-state index in [4.69, 9.17) is 18.9 Å². The van der Waals surface area contributed by atoms with Gasteiger partial charge in [0.2, 0.25) is 6.29 Å². The highest BCUT2D eigenvalue weighted by atomic mass is 16.7. The molecule has 2 aromatic carbocycles. The first-order valence-electron chi connectivity index (χ1n) is 12.1. The van der Waals surface area contributed by atoms with Crippen LogP contribution in [0.2, 0.25) is 0 Å². The van der Waals surface area contributed by atoms with Crippen LogP contribution in [0.3, 0.4) is 0 Å². The molecule has 8 N–H and O–H groups in total. The molecule has 2 aromatic rings. The molecule has 4 rings (SSSR count). The molecule has 0 spiro atoms. The molecular weight excluding hydrogens is 504 g/mol. The molecule has 8 atom stereocenters. The number of aliphatic hydroxyl groups excluding tert-OH is 6. The maximum absolute atomic E-state index is 11.3. The number of hydrogen-bond acceptors (Lipinski definition) is 12. The molecule has 1 fully saturated rings. The van der Waals surface area contributed by atoms with Gasteiger partial charge in [0.25, 0.3) is 0 Å². The van der Waals surface area contributed by atoms with Crippen molar-refractivity contribution in [3.8, 4) is 23.0 Å². The third-order valence-electron chi connectivity index (χ3n) is 7.47. The number of phenols is 1. The fourth-order valence-corrected chi connectivity index (χ4v) is 5.35. The van der Waals surface area contributed by atoms with Gasteiger partial charge in [-0.15, -0.1) is 0 Å². The Bertz CT molecular complexity index is 1120. The zero-order chi connectivity index (χ0) is 27.8. The second-order valence-electron chi connectivity index (χ2n) is 9.65. The average molecular weight is 539 g/mol. The molecule has 0 unspecified atom stereocenters. The molecule has 210 valence electrons. The maximum atomic E-state index is 11.3. The van der Waals surface area contributed by atoms with Crippen LogP contribution in [0.25, 0.3) is 0 Å². The lowest BCUT2D eigenvalue weighted by Gasteiger charge is -2.44. The van der Waals surface area contributed by atoms with E-state index in [1.165, 1.54) is 26.4 Å². The summed E-state index contributed by atoms with van der Waals surface area (Å²) in [7, 11) is 2.78. The van der Waals surface area contributed by atoms with Crippen LogP contribution in [0.1, 0.15) is 22.6 Å². The van der Waals surface area contributed by atoms with E-state index in [1.54, 1.807) is 18.2 Å². The molecule has 2 aliphatic rings. The summed E-state index contributed by atoms with van der Waals surface area (Å²) in [5.74, 6) is -1.13. The van der Waals surface area contributed by atoms with E-state index in [2.05, 4.69) is 0 Å². The monoisotopic (exact) mass is 538 g/mol. The van der Waals surface area contributed by atoms with Gasteiger partial charge in [0.05, 0.1) is 33.0 Å². The number of methoxy groups -OCH3 is 2. The second-order valence-corrected chi connectivity index (χ2v) is 9.65. The third-order valence-corrected chi connectivity index (χ3v) is 7.47. The van der Waals surface area contributed by atoms with Crippen LogP contribution in [-0.4, -0.2) is 111 Å². The summed E-state index contributed by atoms with van der Waals surface area (Å²) in [6.45, 7) is -1.70. The molecule has 1 aliphatic carbocycles. The molecule has 0 bridgehead atoms. The van der Waals surface area contributed by atoms with E-state index < -0.39 is 68.0 Å². The summed E-state index contributed by atoms with van der Waals surface area (Å²) in [6, 6.07) is 7.83. The largest absolute Gasteiger partial charge is 0.504 e. The van der Waals surface area contributed by atoms with Crippen molar-refractivity contribution in [2.45, 2.75) is 48.6 Å². The molecular formula is C26H34O12. The molecule has 0 radical (unpaired) electrons. The van der Waals surface area contributed by atoms with Gasteiger partial charge in [-0.05, 0) is 41.0 Å². The molecule has 1 heterocycles. The summed E-state index contributed by atoms with van der Waals surface area (Å²) in [6.07, 6.45) is -7.38. The first-order valence-corrected chi connectivity index (χ1v) is 12.1. The molecule has 38 heavy (non-hydrogen) atoms. The fraction of sp³-hybridized carbons (Fsp3) is 0.538. The van der Waals surface area contributed by atoms with Gasteiger partial charge in [-0.25, -0.2) is 0 Å². The lowest BCUT2D eigenvalue weighted by Crippen LogP contribution is -2.60. The zero-order valence-corrected chi connectivity index (χ0v) is 21.0. The molecule has 12 heteroatoms. The highest BCUT2D eigenvalue weighted by Gasteiger charge is 2.48. The summed E-state index contributed by atoms with van der Waals surface area (Å²) in [5.41, 5.74) is 0.117. The Morgan fingerprint density at radius 1 is 0.895 bits per heavy atom. The van der Waals surface area contributed by atoms with Gasteiger partial charge in [-0.1, -0.05) is 6.07 Å². The molecule has 0 aromatic heterocycles. The Morgan fingerprint density at radius 3 is 2.21 bits per heavy atom. The minimum absolute atomic E-state index is 0.00640. The van der Waals surface area contributed by atoms with Gasteiger partial charge < -0.3 is 59.8 Å². The summed E-state index contributed by atoms with van der Waals surface area (Å²) in [4.78, 5) is 0. The SMILES string of the molecule is COc1cc2c(cc1O)C[C@](O)(CO)[C@H](CO)[C@H]2c1ccc(O[C@H]2O[C@@H](CO)[C@@H](O)[C@@H](O)[C@@H]2O)c(OC)c1. The third kappa shape index (κ3) is 4.90. The van der Waals surface area contributed by atoms with Gasteiger partial charge >= 0.3 is 0 Å². The van der Waals surface area contributed by atoms with Crippen molar-refractivity contribution in [2.75, 3.05) is 34.0 Å². The van der Waals surface area contributed by atoms with Crippen molar-refractivity contribution in [3.63, 3.8) is 0 Å². The average Bonchev–Trinajstić information content (AvgIpc) is 2.92. The van der Waals surface area contributed by atoms with Gasteiger partial charge in [-0.3, -0.25) is 0 Å². The topological polar surface area (TPSA) is 199 Å². The van der Waals surface area contributed by atoms with E-state index in [0.717, 1.165) is 0 Å². The molecule has 1 saturated heterocycles. The fourth-order valence-electron chi connectivity index (χ4n) is 5.35. The first kappa shape index (κ1) is 28.3. The molecule has 1 aliphatic heterocycles. The number of aliphatic hydroxyl groups is 7. The highest BCUT2D eigenvalue weighted by molar-refractivity contribution is 5.54. The highest BCUT2D eigenvalue weighted by Crippen LogP contribution is 2.49. The normalized spacial score (nSPS) is 32.9. The van der Waals surface area contributed by atoms with Crippen LogP contribution in [0.5, 0.6) is 23.0 Å². The van der Waals surface area contributed by atoms with Crippen LogP contribution in [0.15, 0.2) is 30.3 Å². The van der Waals surface area contributed by atoms with E-state index in [1.807, 2.05) is 0 Å². The smallest absolute Gasteiger partial charge is 0.229 e. The predicted molar refractivity (Wildman–Crippen MR) is 130 cm³/mol. The van der Waals surface area contributed by atoms with Crippen LogP contribution in [0.4, 0.5) is 0 Å². The van der Waals surface area contributed by atoms with Crippen LogP contribution in [-0.2, 0) is 11.2 Å². The van der Waals surface area contributed by atoms with E-state index in [0.29, 0.717) is 16.7 Å². The minimum Gasteiger partial charge on any atom is -0.504 e. The number of rotatable bonds is 8. The number of hydrogen-bond donors (Lipinski definition) is 8. The predicted octanol–water partition coefficient (Wildman–Crippen LogP) is -1.39. The van der Waals surface area contributed by atoms with Crippen molar-refractivity contribution in [2.24, 2.45) is 5.92 Å². The number of phenolic OH excluding ortho intramolecular Hbond substituents is 1. The second kappa shape index (κ2) is 11.2. The Morgan fingerprint density at radius 2 is 1.61 bits per heavy atom. The van der Waals surface area contributed by atoms with Crippen LogP contribution in [0, 0.1) is 5.92 Å². The Labute approximate surface area is 218 Å². The van der Waals surface area contributed by atoms with Gasteiger partial charge in [0.1, 0.15) is 24.4 Å². The molecule has 0 saturated carbocycles. The van der Waals surface area contributed by atoms with Crippen molar-refractivity contribution in [3.05, 3.63) is 47.0 Å². The number of benzene rings is 2. The lowest BCUT2D eigenvalue weighted by molar-refractivity contribution is -0.277. The Balaban J connectivity index is 1.74. The molecule has 0 amide bonds. The van der Waals surface area contributed by atoms with Gasteiger partial charge in [0, 0.05) is 24.9 Å². The van der Waals surface area contributed by atoms with Crippen LogP contribution >= 0.6 is 0 Å². The standard InChI is InChI=1S/C26H34O12/c1-35-18-7-14-13(5-16(18)30)8-26(34,11-29)15(9-27)21(14)12-3-4-17(19(6-12)36-2)37-25-24(33)23(32)22(31)20(10-28)38-25/h3-7,15,20-25,27-34H,8-11H2,1-2H3/t15-,20+,21+,22-,23-,24+,25+,26+/m1/s1. The zero-order valence-electron chi connectivity index (χ0n) is 21.0. The number of fused-ring (bicyclic) bond motifs is 1. The lowest BCUT2D eigenvalue weighted by atomic mass is 9.64. The van der Waals surface area contributed by atoms with Crippen LogP contribution < -0.4 is 14.2 Å². The van der Waals surface area contributed by atoms with Crippen molar-refractivity contribution in [1.29, 1.82) is 0 Å². The Kier molecular flexibility index (Phi) is 8.35.